The summed E-state index contributed by atoms with van der Waals surface area (Å²) in [5.74, 6) is -1.93. The van der Waals surface area contributed by atoms with Crippen LogP contribution in [0, 0.1) is 5.82 Å². The fourth-order valence-corrected chi connectivity index (χ4v) is 2.03. The lowest BCUT2D eigenvalue weighted by Crippen LogP contribution is -2.28. The molecule has 2 N–H and O–H groups in total. The van der Waals surface area contributed by atoms with Crippen molar-refractivity contribution in [3.05, 3.63) is 65.5 Å². The number of amides is 2. The van der Waals surface area contributed by atoms with Gasteiger partial charge in [0.2, 0.25) is 5.91 Å². The molecule has 2 rings (SSSR count). The number of hydrogen-bond acceptors (Lipinski definition) is 4. The minimum atomic E-state index is -0.701. The molecule has 130 valence electrons. The Bertz CT molecular complexity index is 792. The van der Waals surface area contributed by atoms with Crippen molar-refractivity contribution in [3.63, 3.8) is 0 Å². The van der Waals surface area contributed by atoms with E-state index in [1.807, 2.05) is 0 Å². The van der Waals surface area contributed by atoms with Crippen LogP contribution in [0.4, 0.5) is 10.1 Å². The highest BCUT2D eigenvalue weighted by molar-refractivity contribution is 5.94. The van der Waals surface area contributed by atoms with Crippen molar-refractivity contribution in [1.29, 1.82) is 0 Å². The number of anilines is 1. The molecule has 0 saturated carbocycles. The van der Waals surface area contributed by atoms with Gasteiger partial charge in [-0.2, -0.15) is 0 Å². The van der Waals surface area contributed by atoms with E-state index < -0.39 is 24.3 Å². The summed E-state index contributed by atoms with van der Waals surface area (Å²) < 4.78 is 18.3. The standard InChI is InChI=1S/C18H17FN2O4/c1-12(22)21-15-7-4-6-13(9-15)18(24)25-11-17(23)20-10-14-5-2-3-8-16(14)19/h2-9H,10-11H2,1H3,(H,20,23)(H,21,22). The van der Waals surface area contributed by atoms with Gasteiger partial charge in [0.15, 0.2) is 6.61 Å². The number of ether oxygens (including phenoxy) is 1. The van der Waals surface area contributed by atoms with E-state index >= 15 is 0 Å². The molecule has 25 heavy (non-hydrogen) atoms. The van der Waals surface area contributed by atoms with Crippen LogP contribution in [0.3, 0.4) is 0 Å². The Labute approximate surface area is 144 Å². The number of carbonyl (C=O) groups excluding carboxylic acids is 3. The van der Waals surface area contributed by atoms with E-state index in [-0.39, 0.29) is 18.0 Å². The molecule has 0 aliphatic rings. The minimum Gasteiger partial charge on any atom is -0.452 e. The van der Waals surface area contributed by atoms with E-state index in [0.717, 1.165) is 0 Å². The summed E-state index contributed by atoms with van der Waals surface area (Å²) in [4.78, 5) is 34.7. The van der Waals surface area contributed by atoms with Crippen molar-refractivity contribution < 1.29 is 23.5 Å². The Morgan fingerprint density at radius 1 is 1.08 bits per heavy atom. The third-order valence-electron chi connectivity index (χ3n) is 3.19. The molecule has 0 atom stereocenters. The van der Waals surface area contributed by atoms with Gasteiger partial charge in [-0.15, -0.1) is 0 Å². The highest BCUT2D eigenvalue weighted by Gasteiger charge is 2.11. The van der Waals surface area contributed by atoms with E-state index in [4.69, 9.17) is 4.74 Å². The summed E-state index contributed by atoms with van der Waals surface area (Å²) in [5.41, 5.74) is 0.990. The second-order valence-electron chi connectivity index (χ2n) is 5.21. The van der Waals surface area contributed by atoms with E-state index in [2.05, 4.69) is 10.6 Å². The zero-order valence-electron chi connectivity index (χ0n) is 13.5. The number of carbonyl (C=O) groups is 3. The van der Waals surface area contributed by atoms with Crippen LogP contribution < -0.4 is 10.6 Å². The maximum absolute atomic E-state index is 13.4. The van der Waals surface area contributed by atoms with E-state index in [1.165, 1.54) is 25.1 Å². The van der Waals surface area contributed by atoms with Crippen molar-refractivity contribution in [2.45, 2.75) is 13.5 Å². The Hall–Kier alpha value is -3.22. The normalized spacial score (nSPS) is 10.0. The van der Waals surface area contributed by atoms with E-state index in [9.17, 15) is 18.8 Å². The van der Waals surface area contributed by atoms with Crippen LogP contribution in [-0.4, -0.2) is 24.4 Å². The summed E-state index contributed by atoms with van der Waals surface area (Å²) >= 11 is 0. The largest absolute Gasteiger partial charge is 0.452 e. The lowest BCUT2D eigenvalue weighted by atomic mass is 10.2. The fraction of sp³-hybridized carbons (Fsp3) is 0.167. The Morgan fingerprint density at radius 2 is 1.84 bits per heavy atom. The molecule has 0 aromatic heterocycles. The van der Waals surface area contributed by atoms with Crippen LogP contribution in [0.2, 0.25) is 0 Å². The monoisotopic (exact) mass is 344 g/mol. The summed E-state index contributed by atoms with van der Waals surface area (Å²) in [7, 11) is 0. The zero-order chi connectivity index (χ0) is 18.2. The number of esters is 1. The third-order valence-corrected chi connectivity index (χ3v) is 3.19. The lowest BCUT2D eigenvalue weighted by Gasteiger charge is -2.08. The second kappa shape index (κ2) is 8.58. The minimum absolute atomic E-state index is 0.00107. The Balaban J connectivity index is 1.84. The molecule has 2 amide bonds. The molecule has 0 heterocycles. The van der Waals surface area contributed by atoms with Gasteiger partial charge in [0, 0.05) is 24.7 Å². The van der Waals surface area contributed by atoms with Crippen molar-refractivity contribution in [2.75, 3.05) is 11.9 Å². The molecule has 0 aliphatic heterocycles. The smallest absolute Gasteiger partial charge is 0.338 e. The maximum atomic E-state index is 13.4. The molecule has 2 aromatic rings. The van der Waals surface area contributed by atoms with Gasteiger partial charge < -0.3 is 15.4 Å². The number of hydrogen-bond donors (Lipinski definition) is 2. The molecule has 0 fully saturated rings. The van der Waals surface area contributed by atoms with Gasteiger partial charge in [0.05, 0.1) is 5.56 Å². The van der Waals surface area contributed by atoms with Crippen molar-refractivity contribution >= 4 is 23.5 Å². The van der Waals surface area contributed by atoms with Gasteiger partial charge in [0.25, 0.3) is 5.91 Å². The van der Waals surface area contributed by atoms with Crippen molar-refractivity contribution in [2.24, 2.45) is 0 Å². The number of nitrogens with one attached hydrogen (secondary N) is 2. The van der Waals surface area contributed by atoms with Crippen LogP contribution in [0.5, 0.6) is 0 Å². The first kappa shape index (κ1) is 18.1. The van der Waals surface area contributed by atoms with Gasteiger partial charge in [-0.3, -0.25) is 9.59 Å². The molecule has 0 saturated heterocycles. The fourth-order valence-electron chi connectivity index (χ4n) is 2.03. The maximum Gasteiger partial charge on any atom is 0.338 e. The van der Waals surface area contributed by atoms with Crippen LogP contribution in [0.15, 0.2) is 48.5 Å². The number of benzene rings is 2. The first-order valence-corrected chi connectivity index (χ1v) is 7.50. The van der Waals surface area contributed by atoms with E-state index in [1.54, 1.807) is 30.3 Å². The molecule has 2 aromatic carbocycles. The molecule has 0 unspecified atom stereocenters. The average molecular weight is 344 g/mol. The zero-order valence-corrected chi connectivity index (χ0v) is 13.5. The topological polar surface area (TPSA) is 84.5 Å². The van der Waals surface area contributed by atoms with Gasteiger partial charge in [-0.25, -0.2) is 9.18 Å². The lowest BCUT2D eigenvalue weighted by molar-refractivity contribution is -0.124. The van der Waals surface area contributed by atoms with Crippen LogP contribution in [0.1, 0.15) is 22.8 Å². The summed E-state index contributed by atoms with van der Waals surface area (Å²) in [6.07, 6.45) is 0. The third kappa shape index (κ3) is 5.72. The van der Waals surface area contributed by atoms with Crippen molar-refractivity contribution in [1.82, 2.24) is 5.32 Å². The Morgan fingerprint density at radius 3 is 2.56 bits per heavy atom. The van der Waals surface area contributed by atoms with Crippen LogP contribution >= 0.6 is 0 Å². The molecular weight excluding hydrogens is 327 g/mol. The van der Waals surface area contributed by atoms with Crippen molar-refractivity contribution in [3.8, 4) is 0 Å². The quantitative estimate of drug-likeness (QED) is 0.787. The van der Waals surface area contributed by atoms with E-state index in [0.29, 0.717) is 11.3 Å². The van der Waals surface area contributed by atoms with Gasteiger partial charge in [-0.05, 0) is 24.3 Å². The number of rotatable bonds is 6. The van der Waals surface area contributed by atoms with Gasteiger partial charge in [0.1, 0.15) is 5.82 Å². The van der Waals surface area contributed by atoms with Gasteiger partial charge in [-0.1, -0.05) is 24.3 Å². The van der Waals surface area contributed by atoms with Crippen LogP contribution in [-0.2, 0) is 20.9 Å². The molecule has 0 spiro atoms. The molecular formula is C18H17FN2O4. The highest BCUT2D eigenvalue weighted by atomic mass is 19.1. The SMILES string of the molecule is CC(=O)Nc1cccc(C(=O)OCC(=O)NCc2ccccc2F)c1. The summed E-state index contributed by atoms with van der Waals surface area (Å²) in [5, 5.41) is 5.02. The summed E-state index contributed by atoms with van der Waals surface area (Å²) in [6, 6.07) is 12.2. The summed E-state index contributed by atoms with van der Waals surface area (Å²) in [6.45, 7) is 0.865. The second-order valence-corrected chi connectivity index (χ2v) is 5.21. The average Bonchev–Trinajstić information content (AvgIpc) is 2.58. The predicted molar refractivity (Wildman–Crippen MR) is 89.3 cm³/mol. The molecule has 0 bridgehead atoms. The Kier molecular flexibility index (Phi) is 6.22. The molecule has 0 aliphatic carbocycles. The van der Waals surface area contributed by atoms with Crippen LogP contribution in [0.25, 0.3) is 0 Å². The first-order chi connectivity index (χ1) is 12.0. The molecule has 0 radical (unpaired) electrons. The first-order valence-electron chi connectivity index (χ1n) is 7.50. The molecule has 7 heteroatoms. The number of halogens is 1. The predicted octanol–water partition coefficient (Wildman–Crippen LogP) is 2.26. The highest BCUT2D eigenvalue weighted by Crippen LogP contribution is 2.11. The molecule has 6 nitrogen and oxygen atoms in total. The van der Waals surface area contributed by atoms with Gasteiger partial charge >= 0.3 is 5.97 Å².